The molecule has 3 N–H and O–H groups in total. The van der Waals surface area contributed by atoms with Crippen LogP contribution in [0.3, 0.4) is 0 Å². The summed E-state index contributed by atoms with van der Waals surface area (Å²) in [7, 11) is 3.05. The monoisotopic (exact) mass is 466 g/mol. The number of methoxy groups -OCH3 is 2. The molecule has 0 unspecified atom stereocenters. The second kappa shape index (κ2) is 11.2. The summed E-state index contributed by atoms with van der Waals surface area (Å²) in [6.07, 6.45) is 1.53. The van der Waals surface area contributed by atoms with Crippen molar-refractivity contribution in [1.82, 2.24) is 9.55 Å². The van der Waals surface area contributed by atoms with E-state index in [1.807, 2.05) is 37.3 Å². The number of nitrogens with zero attached hydrogens (tertiary/aromatic N) is 2. The average molecular weight is 467 g/mol. The second-order valence-corrected chi connectivity index (χ2v) is 7.83. The lowest BCUT2D eigenvalue weighted by Gasteiger charge is -2.25. The Hall–Kier alpha value is -4.01. The number of aromatic nitrogens is 2. The fourth-order valence-electron chi connectivity index (χ4n) is 3.70. The Balaban J connectivity index is 2.05. The number of hydrogen-bond acceptors (Lipinski definition) is 6. The van der Waals surface area contributed by atoms with E-state index in [1.54, 1.807) is 18.2 Å². The first kappa shape index (κ1) is 24.6. The van der Waals surface area contributed by atoms with Gasteiger partial charge < -0.3 is 15.2 Å². The summed E-state index contributed by atoms with van der Waals surface area (Å²) in [5.74, 6) is 0.657. The predicted octanol–water partition coefficient (Wildman–Crippen LogP) is 2.71. The number of benzene rings is 2. The summed E-state index contributed by atoms with van der Waals surface area (Å²) in [4.78, 5) is 42.5. The zero-order valence-corrected chi connectivity index (χ0v) is 19.7. The molecule has 9 heteroatoms. The normalized spacial score (nSPS) is 10.7. The van der Waals surface area contributed by atoms with Crippen molar-refractivity contribution in [3.05, 3.63) is 80.5 Å². The first-order chi connectivity index (χ1) is 16.4. The summed E-state index contributed by atoms with van der Waals surface area (Å²) in [5.41, 5.74) is 6.47. The molecule has 0 fully saturated rings. The van der Waals surface area contributed by atoms with E-state index < -0.39 is 11.2 Å². The summed E-state index contributed by atoms with van der Waals surface area (Å²) in [6.45, 7) is 2.45. The molecule has 0 aliphatic carbocycles. The number of rotatable bonds is 10. The molecule has 3 rings (SSSR count). The van der Waals surface area contributed by atoms with Gasteiger partial charge in [0.2, 0.25) is 5.91 Å². The standard InChI is InChI=1S/C25H30N4O5/c1-4-5-13-28-23(26)22(24(31)27-25(28)32)29(16-17-9-7-6-8-10-17)21(30)15-18-11-12-19(33-2)20(14-18)34-3/h6-12,14H,4-5,13,15-16,26H2,1-3H3,(H,27,31,32). The number of ether oxygens (including phenoxy) is 2. The van der Waals surface area contributed by atoms with Crippen molar-refractivity contribution in [2.75, 3.05) is 24.9 Å². The number of nitrogen functional groups attached to an aromatic ring is 1. The van der Waals surface area contributed by atoms with Crippen molar-refractivity contribution in [2.24, 2.45) is 0 Å². The molecule has 9 nitrogen and oxygen atoms in total. The zero-order valence-electron chi connectivity index (χ0n) is 19.7. The predicted molar refractivity (Wildman–Crippen MR) is 132 cm³/mol. The van der Waals surface area contributed by atoms with E-state index in [0.717, 1.165) is 12.0 Å². The Morgan fingerprint density at radius 3 is 2.38 bits per heavy atom. The molecule has 0 atom stereocenters. The number of carbonyl (C=O) groups excluding carboxylic acids is 1. The average Bonchev–Trinajstić information content (AvgIpc) is 2.83. The van der Waals surface area contributed by atoms with Crippen molar-refractivity contribution in [3.8, 4) is 11.5 Å². The van der Waals surface area contributed by atoms with Crippen LogP contribution in [0.15, 0.2) is 58.1 Å². The second-order valence-electron chi connectivity index (χ2n) is 7.83. The van der Waals surface area contributed by atoms with Crippen LogP contribution in [0.4, 0.5) is 11.5 Å². The molecule has 0 aliphatic heterocycles. The van der Waals surface area contributed by atoms with Crippen LogP contribution in [-0.2, 0) is 24.3 Å². The lowest BCUT2D eigenvalue weighted by Crippen LogP contribution is -2.41. The van der Waals surface area contributed by atoms with Gasteiger partial charge in [0, 0.05) is 6.54 Å². The minimum atomic E-state index is -0.702. The maximum absolute atomic E-state index is 13.5. The Morgan fingerprint density at radius 1 is 1.03 bits per heavy atom. The molecule has 0 saturated heterocycles. The van der Waals surface area contributed by atoms with Gasteiger partial charge in [-0.1, -0.05) is 49.7 Å². The quantitative estimate of drug-likeness (QED) is 0.474. The molecule has 2 aromatic carbocycles. The van der Waals surface area contributed by atoms with E-state index in [4.69, 9.17) is 15.2 Å². The summed E-state index contributed by atoms with van der Waals surface area (Å²) >= 11 is 0. The van der Waals surface area contributed by atoms with Crippen LogP contribution in [0.5, 0.6) is 11.5 Å². The third-order valence-electron chi connectivity index (χ3n) is 5.51. The van der Waals surface area contributed by atoms with Gasteiger partial charge in [0.15, 0.2) is 17.2 Å². The van der Waals surface area contributed by atoms with E-state index in [9.17, 15) is 14.4 Å². The molecule has 0 bridgehead atoms. The van der Waals surface area contributed by atoms with Gasteiger partial charge in [-0.25, -0.2) is 4.79 Å². The molecule has 1 amide bonds. The van der Waals surface area contributed by atoms with E-state index in [-0.39, 0.29) is 30.4 Å². The topological polar surface area (TPSA) is 120 Å². The van der Waals surface area contributed by atoms with Crippen molar-refractivity contribution >= 4 is 17.4 Å². The highest BCUT2D eigenvalue weighted by Gasteiger charge is 2.25. The van der Waals surface area contributed by atoms with E-state index >= 15 is 0 Å². The van der Waals surface area contributed by atoms with Gasteiger partial charge >= 0.3 is 5.69 Å². The van der Waals surface area contributed by atoms with Crippen LogP contribution in [0.25, 0.3) is 0 Å². The number of anilines is 2. The Morgan fingerprint density at radius 2 is 1.74 bits per heavy atom. The summed E-state index contributed by atoms with van der Waals surface area (Å²) < 4.78 is 11.9. The molecule has 180 valence electrons. The lowest BCUT2D eigenvalue weighted by molar-refractivity contribution is -0.118. The molecule has 0 saturated carbocycles. The van der Waals surface area contributed by atoms with Crippen molar-refractivity contribution in [1.29, 1.82) is 0 Å². The third kappa shape index (κ3) is 5.48. The molecule has 0 spiro atoms. The molecule has 3 aromatic rings. The van der Waals surface area contributed by atoms with E-state index in [2.05, 4.69) is 4.98 Å². The van der Waals surface area contributed by atoms with Crippen LogP contribution < -0.4 is 31.4 Å². The van der Waals surface area contributed by atoms with Gasteiger partial charge in [0.25, 0.3) is 5.56 Å². The molecule has 1 heterocycles. The molecule has 1 aromatic heterocycles. The number of amides is 1. The Labute approximate surface area is 197 Å². The Kier molecular flexibility index (Phi) is 8.13. The highest BCUT2D eigenvalue weighted by atomic mass is 16.5. The largest absolute Gasteiger partial charge is 0.493 e. The molecule has 0 radical (unpaired) electrons. The van der Waals surface area contributed by atoms with Gasteiger partial charge in [0.1, 0.15) is 5.82 Å². The SMILES string of the molecule is CCCCn1c(N)c(N(Cc2ccccc2)C(=O)Cc2ccc(OC)c(OC)c2)c(=O)[nH]c1=O. The van der Waals surface area contributed by atoms with Gasteiger partial charge in [-0.3, -0.25) is 24.0 Å². The molecule has 0 aliphatic rings. The summed E-state index contributed by atoms with van der Waals surface area (Å²) in [5, 5.41) is 0. The number of nitrogens with two attached hydrogens (primary N) is 1. The first-order valence-electron chi connectivity index (χ1n) is 11.1. The van der Waals surface area contributed by atoms with Crippen LogP contribution in [0, 0.1) is 0 Å². The van der Waals surface area contributed by atoms with Gasteiger partial charge in [-0.05, 0) is 29.7 Å². The fourth-order valence-corrected chi connectivity index (χ4v) is 3.70. The minimum absolute atomic E-state index is 0.0137. The van der Waals surface area contributed by atoms with Crippen LogP contribution >= 0.6 is 0 Å². The molecular formula is C25H30N4O5. The number of nitrogens with one attached hydrogen (secondary N) is 1. The molecular weight excluding hydrogens is 436 g/mol. The van der Waals surface area contributed by atoms with Crippen LogP contribution in [0.2, 0.25) is 0 Å². The van der Waals surface area contributed by atoms with Crippen molar-refractivity contribution in [2.45, 2.75) is 39.3 Å². The van der Waals surface area contributed by atoms with Gasteiger partial charge in [-0.2, -0.15) is 0 Å². The highest BCUT2D eigenvalue weighted by Crippen LogP contribution is 2.28. The van der Waals surface area contributed by atoms with Gasteiger partial charge in [-0.15, -0.1) is 0 Å². The van der Waals surface area contributed by atoms with Crippen molar-refractivity contribution in [3.63, 3.8) is 0 Å². The lowest BCUT2D eigenvalue weighted by atomic mass is 10.1. The first-order valence-corrected chi connectivity index (χ1v) is 11.1. The maximum Gasteiger partial charge on any atom is 0.330 e. The number of H-pyrrole nitrogens is 1. The van der Waals surface area contributed by atoms with Gasteiger partial charge in [0.05, 0.1) is 27.2 Å². The number of unbranched alkanes of at least 4 members (excludes halogenated alkanes) is 1. The number of hydrogen-bond donors (Lipinski definition) is 2. The maximum atomic E-state index is 13.5. The third-order valence-corrected chi connectivity index (χ3v) is 5.51. The smallest absolute Gasteiger partial charge is 0.330 e. The van der Waals surface area contributed by atoms with Crippen LogP contribution in [-0.4, -0.2) is 29.7 Å². The number of carbonyl (C=O) groups is 1. The fraction of sp³-hybridized carbons (Fsp3) is 0.320. The zero-order chi connectivity index (χ0) is 24.7. The highest BCUT2D eigenvalue weighted by molar-refractivity contribution is 5.96. The minimum Gasteiger partial charge on any atom is -0.493 e. The van der Waals surface area contributed by atoms with Crippen molar-refractivity contribution < 1.29 is 14.3 Å². The van der Waals surface area contributed by atoms with E-state index in [0.29, 0.717) is 30.0 Å². The summed E-state index contributed by atoms with van der Waals surface area (Å²) in [6, 6.07) is 14.5. The van der Waals surface area contributed by atoms with E-state index in [1.165, 1.54) is 23.7 Å². The number of aromatic amines is 1. The Bertz CT molecular complexity index is 1250. The molecule has 34 heavy (non-hydrogen) atoms. The van der Waals surface area contributed by atoms with Crippen LogP contribution in [0.1, 0.15) is 30.9 Å².